The van der Waals surface area contributed by atoms with E-state index in [0.29, 0.717) is 5.56 Å². The number of piperazine rings is 1. The molecule has 0 spiro atoms. The molecule has 3 heterocycles. The molecule has 1 N–H and O–H groups in total. The first-order valence-electron chi connectivity index (χ1n) is 7.65. The maximum absolute atomic E-state index is 12.0. The molecule has 0 radical (unpaired) electrons. The molecule has 7 heteroatoms. The van der Waals surface area contributed by atoms with Crippen LogP contribution in [0.5, 0.6) is 0 Å². The topological polar surface area (TPSA) is 74.2 Å². The number of carbonyl (C=O) groups excluding carboxylic acids is 1. The molecule has 1 saturated heterocycles. The fourth-order valence-electron chi connectivity index (χ4n) is 2.73. The van der Waals surface area contributed by atoms with Gasteiger partial charge < -0.3 is 15.1 Å². The van der Waals surface area contributed by atoms with Gasteiger partial charge in [-0.05, 0) is 25.1 Å². The predicted octanol–water partition coefficient (Wildman–Crippen LogP) is 0.866. The van der Waals surface area contributed by atoms with Crippen molar-refractivity contribution in [2.75, 3.05) is 43.0 Å². The van der Waals surface area contributed by atoms with E-state index < -0.39 is 0 Å². The van der Waals surface area contributed by atoms with Gasteiger partial charge in [-0.25, -0.2) is 15.0 Å². The van der Waals surface area contributed by atoms with Crippen LogP contribution in [0, 0.1) is 6.92 Å². The van der Waals surface area contributed by atoms with Crippen LogP contribution in [0.1, 0.15) is 16.2 Å². The second-order valence-corrected chi connectivity index (χ2v) is 5.39. The summed E-state index contributed by atoms with van der Waals surface area (Å²) >= 11 is 0. The summed E-state index contributed by atoms with van der Waals surface area (Å²) in [5.74, 6) is 2.36. The van der Waals surface area contributed by atoms with E-state index in [4.69, 9.17) is 0 Å². The van der Waals surface area contributed by atoms with Crippen molar-refractivity contribution >= 4 is 17.5 Å². The van der Waals surface area contributed by atoms with E-state index in [0.717, 1.165) is 43.6 Å². The summed E-state index contributed by atoms with van der Waals surface area (Å²) in [6, 6.07) is 5.52. The van der Waals surface area contributed by atoms with Crippen LogP contribution in [0.4, 0.5) is 11.6 Å². The molecule has 120 valence electrons. The number of hydrogen-bond acceptors (Lipinski definition) is 6. The van der Waals surface area contributed by atoms with Crippen molar-refractivity contribution in [2.24, 2.45) is 0 Å². The fourth-order valence-corrected chi connectivity index (χ4v) is 2.73. The summed E-state index contributed by atoms with van der Waals surface area (Å²) in [6.45, 7) is 5.15. The molecular formula is C16H20N6O. The van der Waals surface area contributed by atoms with Gasteiger partial charge in [0, 0.05) is 45.6 Å². The lowest BCUT2D eigenvalue weighted by Gasteiger charge is -2.36. The second-order valence-electron chi connectivity index (χ2n) is 5.39. The van der Waals surface area contributed by atoms with E-state index in [2.05, 4.69) is 30.1 Å². The summed E-state index contributed by atoms with van der Waals surface area (Å²) in [6.07, 6.45) is 3.51. The van der Waals surface area contributed by atoms with Crippen LogP contribution in [0.25, 0.3) is 0 Å². The molecule has 1 fully saturated rings. The highest BCUT2D eigenvalue weighted by atomic mass is 16.1. The van der Waals surface area contributed by atoms with E-state index >= 15 is 0 Å². The van der Waals surface area contributed by atoms with Gasteiger partial charge in [0.2, 0.25) is 0 Å². The molecule has 0 aromatic carbocycles. The van der Waals surface area contributed by atoms with E-state index in [1.807, 2.05) is 13.0 Å². The number of amides is 1. The maximum Gasteiger partial charge on any atom is 0.254 e. The molecule has 1 amide bonds. The minimum Gasteiger partial charge on any atom is -0.355 e. The Morgan fingerprint density at radius 2 is 1.83 bits per heavy atom. The molecule has 0 aliphatic carbocycles. The molecule has 1 aliphatic heterocycles. The molecular weight excluding hydrogens is 292 g/mol. The van der Waals surface area contributed by atoms with Crippen molar-refractivity contribution in [3.8, 4) is 0 Å². The SMILES string of the molecule is CNC(=O)c1cccnc1N1CCN(c2ccnc(C)n2)CC1. The average Bonchev–Trinajstić information content (AvgIpc) is 2.61. The largest absolute Gasteiger partial charge is 0.355 e. The van der Waals surface area contributed by atoms with Gasteiger partial charge in [-0.2, -0.15) is 0 Å². The highest BCUT2D eigenvalue weighted by molar-refractivity contribution is 5.98. The third kappa shape index (κ3) is 3.23. The van der Waals surface area contributed by atoms with E-state index in [9.17, 15) is 4.79 Å². The highest BCUT2D eigenvalue weighted by Gasteiger charge is 2.22. The quantitative estimate of drug-likeness (QED) is 0.906. The fraction of sp³-hybridized carbons (Fsp3) is 0.375. The maximum atomic E-state index is 12.0. The molecule has 0 unspecified atom stereocenters. The molecule has 7 nitrogen and oxygen atoms in total. The number of hydrogen-bond donors (Lipinski definition) is 1. The monoisotopic (exact) mass is 312 g/mol. The average molecular weight is 312 g/mol. The minimum absolute atomic E-state index is 0.109. The minimum atomic E-state index is -0.109. The van der Waals surface area contributed by atoms with Crippen LogP contribution >= 0.6 is 0 Å². The van der Waals surface area contributed by atoms with Gasteiger partial charge in [0.1, 0.15) is 17.5 Å². The molecule has 3 rings (SSSR count). The van der Waals surface area contributed by atoms with Crippen LogP contribution in [0.2, 0.25) is 0 Å². The van der Waals surface area contributed by atoms with Crippen LogP contribution < -0.4 is 15.1 Å². The number of pyridine rings is 1. The van der Waals surface area contributed by atoms with Gasteiger partial charge in [0.15, 0.2) is 0 Å². The molecule has 0 saturated carbocycles. The van der Waals surface area contributed by atoms with E-state index in [1.54, 1.807) is 31.6 Å². The zero-order valence-corrected chi connectivity index (χ0v) is 13.4. The van der Waals surface area contributed by atoms with Crippen molar-refractivity contribution in [1.82, 2.24) is 20.3 Å². The summed E-state index contributed by atoms with van der Waals surface area (Å²) in [5.41, 5.74) is 0.612. The number of aryl methyl sites for hydroxylation is 1. The third-order valence-corrected chi connectivity index (χ3v) is 3.92. The molecule has 2 aromatic heterocycles. The number of rotatable bonds is 3. The van der Waals surface area contributed by atoms with E-state index in [-0.39, 0.29) is 5.91 Å². The Labute approximate surface area is 135 Å². The van der Waals surface area contributed by atoms with Crippen LogP contribution in [0.15, 0.2) is 30.6 Å². The smallest absolute Gasteiger partial charge is 0.254 e. The van der Waals surface area contributed by atoms with Crippen molar-refractivity contribution < 1.29 is 4.79 Å². The number of anilines is 2. The lowest BCUT2D eigenvalue weighted by atomic mass is 10.2. The zero-order chi connectivity index (χ0) is 16.2. The van der Waals surface area contributed by atoms with Gasteiger partial charge in [-0.1, -0.05) is 0 Å². The number of nitrogens with one attached hydrogen (secondary N) is 1. The Hall–Kier alpha value is -2.70. The van der Waals surface area contributed by atoms with Crippen molar-refractivity contribution in [1.29, 1.82) is 0 Å². The number of carbonyl (C=O) groups is 1. The lowest BCUT2D eigenvalue weighted by molar-refractivity contribution is 0.0963. The van der Waals surface area contributed by atoms with Gasteiger partial charge in [-0.15, -0.1) is 0 Å². The Balaban J connectivity index is 1.73. The first kappa shape index (κ1) is 15.2. The molecule has 1 aliphatic rings. The van der Waals surface area contributed by atoms with Crippen LogP contribution in [-0.4, -0.2) is 54.1 Å². The zero-order valence-electron chi connectivity index (χ0n) is 13.4. The Morgan fingerprint density at radius 1 is 1.09 bits per heavy atom. The molecule has 0 bridgehead atoms. The normalized spacial score (nSPS) is 14.7. The van der Waals surface area contributed by atoms with Crippen molar-refractivity contribution in [3.05, 3.63) is 42.0 Å². The van der Waals surface area contributed by atoms with Crippen molar-refractivity contribution in [3.63, 3.8) is 0 Å². The number of aromatic nitrogens is 3. The first-order chi connectivity index (χ1) is 11.2. The number of nitrogens with zero attached hydrogens (tertiary/aromatic N) is 5. The molecule has 23 heavy (non-hydrogen) atoms. The summed E-state index contributed by atoms with van der Waals surface area (Å²) in [4.78, 5) is 29.4. The van der Waals surface area contributed by atoms with E-state index in [1.165, 1.54) is 0 Å². The highest BCUT2D eigenvalue weighted by Crippen LogP contribution is 2.20. The molecule has 2 aromatic rings. The summed E-state index contributed by atoms with van der Waals surface area (Å²) < 4.78 is 0. The Morgan fingerprint density at radius 3 is 2.52 bits per heavy atom. The van der Waals surface area contributed by atoms with Gasteiger partial charge in [0.25, 0.3) is 5.91 Å². The van der Waals surface area contributed by atoms with Gasteiger partial charge >= 0.3 is 0 Å². The summed E-state index contributed by atoms with van der Waals surface area (Å²) in [5, 5.41) is 2.67. The standard InChI is InChI=1S/C16H20N6O/c1-12-18-7-5-14(20-12)21-8-10-22(11-9-21)15-13(16(23)17-2)4-3-6-19-15/h3-7H,8-11H2,1-2H3,(H,17,23). The second kappa shape index (κ2) is 6.60. The molecule has 0 atom stereocenters. The predicted molar refractivity (Wildman–Crippen MR) is 88.8 cm³/mol. The Bertz CT molecular complexity index is 696. The van der Waals surface area contributed by atoms with Gasteiger partial charge in [-0.3, -0.25) is 4.79 Å². The summed E-state index contributed by atoms with van der Waals surface area (Å²) in [7, 11) is 1.63. The van der Waals surface area contributed by atoms with Crippen LogP contribution in [-0.2, 0) is 0 Å². The van der Waals surface area contributed by atoms with Crippen LogP contribution in [0.3, 0.4) is 0 Å². The Kier molecular flexibility index (Phi) is 4.36. The third-order valence-electron chi connectivity index (χ3n) is 3.92. The van der Waals surface area contributed by atoms with Gasteiger partial charge in [0.05, 0.1) is 5.56 Å². The lowest BCUT2D eigenvalue weighted by Crippen LogP contribution is -2.47. The first-order valence-corrected chi connectivity index (χ1v) is 7.65. The van der Waals surface area contributed by atoms with Crippen molar-refractivity contribution in [2.45, 2.75) is 6.92 Å².